The molecule has 0 radical (unpaired) electrons. The van der Waals surface area contributed by atoms with Crippen LogP contribution in [0.1, 0.15) is 5.56 Å². The lowest BCUT2D eigenvalue weighted by atomic mass is 10.1. The zero-order valence-electron chi connectivity index (χ0n) is 11.3. The second-order valence-electron chi connectivity index (χ2n) is 4.22. The van der Waals surface area contributed by atoms with Crippen molar-refractivity contribution in [2.45, 2.75) is 6.61 Å². The highest BCUT2D eigenvalue weighted by Crippen LogP contribution is 2.24. The van der Waals surface area contributed by atoms with Crippen molar-refractivity contribution in [1.82, 2.24) is 9.97 Å². The van der Waals surface area contributed by atoms with E-state index >= 15 is 0 Å². The summed E-state index contributed by atoms with van der Waals surface area (Å²) < 4.78 is 4.97. The molecule has 20 heavy (non-hydrogen) atoms. The van der Waals surface area contributed by atoms with Gasteiger partial charge in [0.2, 0.25) is 0 Å². The van der Waals surface area contributed by atoms with Crippen LogP contribution in [0.15, 0.2) is 30.5 Å². The summed E-state index contributed by atoms with van der Waals surface area (Å²) in [6.45, 7) is 1.10. The van der Waals surface area contributed by atoms with Crippen LogP contribution in [-0.2, 0) is 11.3 Å². The maximum atomic E-state index is 9.37. The molecule has 0 saturated heterocycles. The number of nitrogen functional groups attached to an aromatic ring is 1. The molecule has 0 aliphatic rings. The fourth-order valence-electron chi connectivity index (χ4n) is 1.84. The summed E-state index contributed by atoms with van der Waals surface area (Å²) in [6, 6.07) is 7.51. The molecule has 0 fully saturated rings. The average molecular weight is 274 g/mol. The number of nitrogens with two attached hydrogens (primary N) is 1. The van der Waals surface area contributed by atoms with E-state index in [1.165, 1.54) is 0 Å². The topological polar surface area (TPSA) is 93.3 Å². The van der Waals surface area contributed by atoms with Crippen molar-refractivity contribution in [2.75, 3.05) is 31.3 Å². The van der Waals surface area contributed by atoms with Crippen molar-refractivity contribution in [3.05, 3.63) is 36.0 Å². The maximum absolute atomic E-state index is 9.37. The maximum Gasteiger partial charge on any atom is 0.169 e. The minimum atomic E-state index is -0.0470. The third kappa shape index (κ3) is 3.23. The first-order chi connectivity index (χ1) is 9.76. The molecule has 1 heterocycles. The zero-order chi connectivity index (χ0) is 14.4. The smallest absolute Gasteiger partial charge is 0.169 e. The van der Waals surface area contributed by atoms with Gasteiger partial charge in [0.1, 0.15) is 0 Å². The van der Waals surface area contributed by atoms with Gasteiger partial charge >= 0.3 is 0 Å². The number of aromatic nitrogens is 2. The van der Waals surface area contributed by atoms with E-state index in [4.69, 9.17) is 10.5 Å². The second kappa shape index (κ2) is 6.83. The van der Waals surface area contributed by atoms with Crippen LogP contribution in [0.3, 0.4) is 0 Å². The van der Waals surface area contributed by atoms with E-state index in [-0.39, 0.29) is 6.61 Å². The number of nitrogens with zero attached hydrogens (tertiary/aromatic N) is 2. The van der Waals surface area contributed by atoms with Gasteiger partial charge in [0.05, 0.1) is 25.1 Å². The quantitative estimate of drug-likeness (QED) is 0.687. The van der Waals surface area contributed by atoms with Gasteiger partial charge in [-0.25, -0.2) is 9.97 Å². The number of anilines is 2. The molecule has 1 aromatic heterocycles. The Hall–Kier alpha value is -2.18. The molecule has 0 unspecified atom stereocenters. The Morgan fingerprint density at radius 3 is 2.90 bits per heavy atom. The number of hydrogen-bond acceptors (Lipinski definition) is 6. The van der Waals surface area contributed by atoms with Crippen molar-refractivity contribution in [2.24, 2.45) is 0 Å². The van der Waals surface area contributed by atoms with Gasteiger partial charge in [0.15, 0.2) is 11.6 Å². The molecule has 4 N–H and O–H groups in total. The monoisotopic (exact) mass is 274 g/mol. The molecule has 0 atom stereocenters. The number of aliphatic hydroxyl groups is 1. The van der Waals surface area contributed by atoms with Gasteiger partial charge in [-0.15, -0.1) is 0 Å². The molecule has 2 aromatic rings. The SMILES string of the molecule is COCCNc1nc(-c2ccccc2CO)cnc1N. The van der Waals surface area contributed by atoms with Gasteiger partial charge in [0.25, 0.3) is 0 Å². The fraction of sp³-hybridized carbons (Fsp3) is 0.286. The number of nitrogens with one attached hydrogen (secondary N) is 1. The van der Waals surface area contributed by atoms with Gasteiger partial charge in [-0.1, -0.05) is 24.3 Å². The molecule has 6 heteroatoms. The molecule has 2 rings (SSSR count). The lowest BCUT2D eigenvalue weighted by Crippen LogP contribution is -2.12. The predicted octanol–water partition coefficient (Wildman–Crippen LogP) is 1.28. The van der Waals surface area contributed by atoms with Gasteiger partial charge in [-0.3, -0.25) is 0 Å². The number of rotatable bonds is 6. The first-order valence-electron chi connectivity index (χ1n) is 6.30. The van der Waals surface area contributed by atoms with Gasteiger partial charge in [-0.05, 0) is 5.56 Å². The number of benzene rings is 1. The van der Waals surface area contributed by atoms with Crippen LogP contribution >= 0.6 is 0 Å². The predicted molar refractivity (Wildman–Crippen MR) is 78.2 cm³/mol. The molecular weight excluding hydrogens is 256 g/mol. The largest absolute Gasteiger partial charge is 0.392 e. The van der Waals surface area contributed by atoms with Crippen molar-refractivity contribution >= 4 is 11.6 Å². The van der Waals surface area contributed by atoms with Crippen LogP contribution < -0.4 is 11.1 Å². The van der Waals surface area contributed by atoms with Crippen molar-refractivity contribution in [3.63, 3.8) is 0 Å². The normalized spacial score (nSPS) is 10.5. The van der Waals surface area contributed by atoms with Gasteiger partial charge < -0.3 is 20.9 Å². The average Bonchev–Trinajstić information content (AvgIpc) is 2.49. The molecule has 0 bridgehead atoms. The first-order valence-corrected chi connectivity index (χ1v) is 6.30. The summed E-state index contributed by atoms with van der Waals surface area (Å²) in [6.07, 6.45) is 1.60. The first kappa shape index (κ1) is 14.2. The Morgan fingerprint density at radius 2 is 2.15 bits per heavy atom. The standard InChI is InChI=1S/C14H18N4O2/c1-20-7-6-16-14-13(15)17-8-12(18-14)11-5-3-2-4-10(11)9-19/h2-5,8,19H,6-7,9H2,1H3,(H2,15,17)(H,16,18). The van der Waals surface area contributed by atoms with Crippen LogP contribution in [0.5, 0.6) is 0 Å². The van der Waals surface area contributed by atoms with Crippen LogP contribution in [0.2, 0.25) is 0 Å². The molecule has 1 aromatic carbocycles. The summed E-state index contributed by atoms with van der Waals surface area (Å²) in [5.41, 5.74) is 8.11. The Bertz CT molecular complexity index is 575. The summed E-state index contributed by atoms with van der Waals surface area (Å²) in [5, 5.41) is 12.4. The Morgan fingerprint density at radius 1 is 1.35 bits per heavy atom. The van der Waals surface area contributed by atoms with E-state index in [0.717, 1.165) is 11.1 Å². The van der Waals surface area contributed by atoms with Crippen LogP contribution in [0.4, 0.5) is 11.6 Å². The van der Waals surface area contributed by atoms with Crippen LogP contribution in [0, 0.1) is 0 Å². The molecule has 0 spiro atoms. The summed E-state index contributed by atoms with van der Waals surface area (Å²) in [5.74, 6) is 0.860. The summed E-state index contributed by atoms with van der Waals surface area (Å²) in [4.78, 5) is 8.60. The number of hydrogen-bond donors (Lipinski definition) is 3. The third-order valence-electron chi connectivity index (χ3n) is 2.86. The molecule has 0 saturated carbocycles. The highest BCUT2D eigenvalue weighted by atomic mass is 16.5. The van der Waals surface area contributed by atoms with E-state index in [9.17, 15) is 5.11 Å². The highest BCUT2D eigenvalue weighted by Gasteiger charge is 2.09. The Labute approximate surface area is 117 Å². The van der Waals surface area contributed by atoms with E-state index in [1.54, 1.807) is 13.3 Å². The molecule has 0 aliphatic heterocycles. The van der Waals surface area contributed by atoms with E-state index in [2.05, 4.69) is 15.3 Å². The molecule has 106 valence electrons. The summed E-state index contributed by atoms with van der Waals surface area (Å²) >= 11 is 0. The number of aliphatic hydroxyl groups excluding tert-OH is 1. The number of ether oxygens (including phenoxy) is 1. The zero-order valence-corrected chi connectivity index (χ0v) is 11.3. The fourth-order valence-corrected chi connectivity index (χ4v) is 1.84. The van der Waals surface area contributed by atoms with Gasteiger partial charge in [0, 0.05) is 19.2 Å². The van der Waals surface area contributed by atoms with Crippen molar-refractivity contribution in [1.29, 1.82) is 0 Å². The molecular formula is C14H18N4O2. The minimum Gasteiger partial charge on any atom is -0.392 e. The molecule has 0 amide bonds. The lowest BCUT2D eigenvalue weighted by Gasteiger charge is -2.11. The van der Waals surface area contributed by atoms with E-state index in [0.29, 0.717) is 30.5 Å². The Balaban J connectivity index is 2.30. The Kier molecular flexibility index (Phi) is 4.86. The van der Waals surface area contributed by atoms with Crippen molar-refractivity contribution in [3.8, 4) is 11.3 Å². The highest BCUT2D eigenvalue weighted by molar-refractivity contribution is 5.67. The summed E-state index contributed by atoms with van der Waals surface area (Å²) in [7, 11) is 1.63. The van der Waals surface area contributed by atoms with Crippen LogP contribution in [-0.4, -0.2) is 35.3 Å². The minimum absolute atomic E-state index is 0.0470. The van der Waals surface area contributed by atoms with E-state index < -0.39 is 0 Å². The van der Waals surface area contributed by atoms with E-state index in [1.807, 2.05) is 24.3 Å². The molecule has 0 aliphatic carbocycles. The van der Waals surface area contributed by atoms with Crippen LogP contribution in [0.25, 0.3) is 11.3 Å². The van der Waals surface area contributed by atoms with Gasteiger partial charge in [-0.2, -0.15) is 0 Å². The third-order valence-corrected chi connectivity index (χ3v) is 2.86. The lowest BCUT2D eigenvalue weighted by molar-refractivity contribution is 0.210. The number of methoxy groups -OCH3 is 1. The van der Waals surface area contributed by atoms with Crippen molar-refractivity contribution < 1.29 is 9.84 Å². The molecule has 6 nitrogen and oxygen atoms in total. The second-order valence-corrected chi connectivity index (χ2v) is 4.22.